The fraction of sp³-hybridized carbons (Fsp3) is 0.632. The van der Waals surface area contributed by atoms with Crippen molar-refractivity contribution in [3.63, 3.8) is 0 Å². The monoisotopic (exact) mass is 331 g/mol. The Labute approximate surface area is 144 Å². The van der Waals surface area contributed by atoms with Gasteiger partial charge in [-0.3, -0.25) is 4.90 Å². The van der Waals surface area contributed by atoms with Crippen molar-refractivity contribution < 1.29 is 9.90 Å². The molecule has 24 heavy (non-hydrogen) atoms. The minimum absolute atomic E-state index is 0.0467. The van der Waals surface area contributed by atoms with E-state index in [2.05, 4.69) is 22.3 Å². The van der Waals surface area contributed by atoms with E-state index in [-0.39, 0.29) is 12.1 Å². The van der Waals surface area contributed by atoms with Crippen molar-refractivity contribution in [3.8, 4) is 0 Å². The van der Waals surface area contributed by atoms with Crippen LogP contribution in [-0.4, -0.2) is 66.3 Å². The number of piperazine rings is 1. The molecular weight excluding hydrogens is 302 g/mol. The van der Waals surface area contributed by atoms with Crippen LogP contribution in [-0.2, 0) is 6.42 Å². The first-order chi connectivity index (χ1) is 11.7. The number of nitrogens with one attached hydrogen (secondary N) is 1. The third-order valence-corrected chi connectivity index (χ3v) is 5.03. The summed E-state index contributed by atoms with van der Waals surface area (Å²) < 4.78 is 0. The summed E-state index contributed by atoms with van der Waals surface area (Å²) in [5.74, 6) is 0.524. The number of β-amino-alcohol motifs (C(OH)–C–C–N with tert-alkyl or cyclic N) is 1. The van der Waals surface area contributed by atoms with Crippen LogP contribution in [0.5, 0.6) is 0 Å². The topological polar surface area (TPSA) is 55.8 Å². The molecule has 1 heterocycles. The Bertz CT molecular complexity index is 511. The quantitative estimate of drug-likeness (QED) is 0.748. The fourth-order valence-corrected chi connectivity index (χ4v) is 3.27. The van der Waals surface area contributed by atoms with Gasteiger partial charge in [0.1, 0.15) is 0 Å². The number of carbonyl (C=O) groups excluding carboxylic acids is 1. The summed E-state index contributed by atoms with van der Waals surface area (Å²) in [6, 6.07) is 10.4. The van der Waals surface area contributed by atoms with Gasteiger partial charge in [0.25, 0.3) is 0 Å². The third-order valence-electron chi connectivity index (χ3n) is 5.03. The van der Waals surface area contributed by atoms with Gasteiger partial charge < -0.3 is 15.3 Å². The molecular formula is C19H29N3O2. The largest absolute Gasteiger partial charge is 0.392 e. The average Bonchev–Trinajstić information content (AvgIpc) is 3.45. The van der Waals surface area contributed by atoms with E-state index in [0.29, 0.717) is 12.5 Å². The number of hydrogen-bond acceptors (Lipinski definition) is 3. The standard InChI is InChI=1S/C19H29N3O2/c23-18(17-8-9-17)15-21-11-13-22(14-12-21)19(24)20-10-4-7-16-5-2-1-3-6-16/h1-3,5-6,17-18,23H,4,7-15H2,(H,20,24)/t18-/m1/s1. The van der Waals surface area contributed by atoms with Gasteiger partial charge in [0.2, 0.25) is 0 Å². The number of urea groups is 1. The number of aliphatic hydroxyl groups excluding tert-OH is 1. The van der Waals surface area contributed by atoms with Crippen molar-refractivity contribution in [1.29, 1.82) is 0 Å². The van der Waals surface area contributed by atoms with Crippen LogP contribution in [0, 0.1) is 5.92 Å². The first-order valence-corrected chi connectivity index (χ1v) is 9.19. The van der Waals surface area contributed by atoms with Crippen molar-refractivity contribution in [1.82, 2.24) is 15.1 Å². The molecule has 0 spiro atoms. The van der Waals surface area contributed by atoms with Gasteiger partial charge in [-0.2, -0.15) is 0 Å². The zero-order valence-corrected chi connectivity index (χ0v) is 14.4. The highest BCUT2D eigenvalue weighted by Gasteiger charge is 2.31. The second kappa shape index (κ2) is 8.49. The van der Waals surface area contributed by atoms with Crippen LogP contribution in [0.3, 0.4) is 0 Å². The summed E-state index contributed by atoms with van der Waals surface area (Å²) in [6.07, 6.45) is 4.12. The zero-order chi connectivity index (χ0) is 16.8. The van der Waals surface area contributed by atoms with Gasteiger partial charge in [-0.05, 0) is 37.2 Å². The number of aliphatic hydroxyl groups is 1. The number of benzene rings is 1. The van der Waals surface area contributed by atoms with Crippen LogP contribution in [0.4, 0.5) is 4.79 Å². The Morgan fingerprint density at radius 2 is 1.88 bits per heavy atom. The Morgan fingerprint density at radius 1 is 1.17 bits per heavy atom. The molecule has 0 bridgehead atoms. The number of rotatable bonds is 7. The lowest BCUT2D eigenvalue weighted by molar-refractivity contribution is 0.0696. The Hall–Kier alpha value is -1.59. The molecule has 1 saturated carbocycles. The van der Waals surface area contributed by atoms with Crippen molar-refractivity contribution in [2.75, 3.05) is 39.3 Å². The van der Waals surface area contributed by atoms with Gasteiger partial charge >= 0.3 is 6.03 Å². The van der Waals surface area contributed by atoms with E-state index in [1.54, 1.807) is 0 Å². The summed E-state index contributed by atoms with van der Waals surface area (Å²) >= 11 is 0. The molecule has 2 N–H and O–H groups in total. The van der Waals surface area contributed by atoms with Crippen molar-refractivity contribution >= 4 is 6.03 Å². The molecule has 0 radical (unpaired) electrons. The molecule has 2 fully saturated rings. The normalized spacial score (nSPS) is 20.0. The molecule has 132 valence electrons. The Morgan fingerprint density at radius 3 is 2.54 bits per heavy atom. The third kappa shape index (κ3) is 5.21. The molecule has 1 aliphatic heterocycles. The second-order valence-electron chi connectivity index (χ2n) is 7.01. The molecule has 1 aromatic rings. The highest BCUT2D eigenvalue weighted by atomic mass is 16.3. The van der Waals surface area contributed by atoms with Gasteiger partial charge in [-0.1, -0.05) is 30.3 Å². The first kappa shape index (κ1) is 17.2. The molecule has 3 rings (SSSR count). The SMILES string of the molecule is O=C(NCCCc1ccccc1)N1CCN(C[C@@H](O)C2CC2)CC1. The van der Waals surface area contributed by atoms with Crippen molar-refractivity contribution in [2.45, 2.75) is 31.8 Å². The molecule has 0 aromatic heterocycles. The van der Waals surface area contributed by atoms with Gasteiger partial charge in [-0.15, -0.1) is 0 Å². The molecule has 1 aromatic carbocycles. The van der Waals surface area contributed by atoms with Gasteiger partial charge in [0.05, 0.1) is 6.10 Å². The van der Waals surface area contributed by atoms with Crippen LogP contribution in [0.25, 0.3) is 0 Å². The fourth-order valence-electron chi connectivity index (χ4n) is 3.27. The van der Waals surface area contributed by atoms with Crippen LogP contribution in [0.15, 0.2) is 30.3 Å². The van der Waals surface area contributed by atoms with E-state index >= 15 is 0 Å². The molecule has 0 unspecified atom stereocenters. The highest BCUT2D eigenvalue weighted by Crippen LogP contribution is 2.32. The van der Waals surface area contributed by atoms with E-state index in [9.17, 15) is 9.90 Å². The average molecular weight is 331 g/mol. The number of amides is 2. The molecule has 2 aliphatic rings. The van der Waals surface area contributed by atoms with Gasteiger partial charge in [-0.25, -0.2) is 4.79 Å². The van der Waals surface area contributed by atoms with E-state index in [1.165, 1.54) is 18.4 Å². The lowest BCUT2D eigenvalue weighted by Gasteiger charge is -2.35. The summed E-state index contributed by atoms with van der Waals surface area (Å²) in [4.78, 5) is 16.4. The summed E-state index contributed by atoms with van der Waals surface area (Å²) in [5.41, 5.74) is 1.31. The predicted octanol–water partition coefficient (Wildman–Crippen LogP) is 1.72. The maximum atomic E-state index is 12.2. The molecule has 5 heteroatoms. The number of aryl methyl sites for hydroxylation is 1. The molecule has 5 nitrogen and oxygen atoms in total. The molecule has 2 amide bonds. The minimum Gasteiger partial charge on any atom is -0.392 e. The van der Waals surface area contributed by atoms with Crippen LogP contribution < -0.4 is 5.32 Å². The summed E-state index contributed by atoms with van der Waals surface area (Å²) in [6.45, 7) is 4.71. The molecule has 1 atom stereocenters. The van der Waals surface area contributed by atoms with Crippen LogP contribution >= 0.6 is 0 Å². The highest BCUT2D eigenvalue weighted by molar-refractivity contribution is 5.74. The number of carbonyl (C=O) groups is 1. The second-order valence-corrected chi connectivity index (χ2v) is 7.01. The summed E-state index contributed by atoms with van der Waals surface area (Å²) in [7, 11) is 0. The predicted molar refractivity (Wildman–Crippen MR) is 94.9 cm³/mol. The van der Waals surface area contributed by atoms with Crippen LogP contribution in [0.1, 0.15) is 24.8 Å². The van der Waals surface area contributed by atoms with E-state index in [1.807, 2.05) is 23.1 Å². The zero-order valence-electron chi connectivity index (χ0n) is 14.4. The molecule has 1 saturated heterocycles. The number of nitrogens with zero attached hydrogens (tertiary/aromatic N) is 2. The Balaban J connectivity index is 1.29. The smallest absolute Gasteiger partial charge is 0.317 e. The molecule has 1 aliphatic carbocycles. The lowest BCUT2D eigenvalue weighted by Crippen LogP contribution is -2.53. The summed E-state index contributed by atoms with van der Waals surface area (Å²) in [5, 5.41) is 13.0. The maximum Gasteiger partial charge on any atom is 0.317 e. The number of hydrogen-bond donors (Lipinski definition) is 2. The van der Waals surface area contributed by atoms with Crippen molar-refractivity contribution in [2.24, 2.45) is 5.92 Å². The van der Waals surface area contributed by atoms with E-state index in [4.69, 9.17) is 0 Å². The van der Waals surface area contributed by atoms with E-state index in [0.717, 1.165) is 45.6 Å². The first-order valence-electron chi connectivity index (χ1n) is 9.19. The minimum atomic E-state index is -0.177. The lowest BCUT2D eigenvalue weighted by atomic mass is 10.1. The van der Waals surface area contributed by atoms with Gasteiger partial charge in [0.15, 0.2) is 0 Å². The van der Waals surface area contributed by atoms with E-state index < -0.39 is 0 Å². The van der Waals surface area contributed by atoms with Crippen molar-refractivity contribution in [3.05, 3.63) is 35.9 Å². The Kier molecular flexibility index (Phi) is 6.10. The van der Waals surface area contributed by atoms with Crippen LogP contribution in [0.2, 0.25) is 0 Å². The van der Waals surface area contributed by atoms with Gasteiger partial charge in [0, 0.05) is 39.3 Å². The maximum absolute atomic E-state index is 12.2.